The van der Waals surface area contributed by atoms with E-state index < -0.39 is 22.6 Å². The topological polar surface area (TPSA) is 98.5 Å². The maximum Gasteiger partial charge on any atom is 0.341 e. The van der Waals surface area contributed by atoms with Crippen LogP contribution in [0.2, 0.25) is 5.02 Å². The van der Waals surface area contributed by atoms with Gasteiger partial charge in [0.1, 0.15) is 16.4 Å². The summed E-state index contributed by atoms with van der Waals surface area (Å²) >= 11 is 7.17. The molecule has 0 aliphatic carbocycles. The molecule has 0 fully saturated rings. The van der Waals surface area contributed by atoms with Gasteiger partial charge >= 0.3 is 5.97 Å². The first kappa shape index (κ1) is 21.4. The number of benzene rings is 2. The molecule has 0 aliphatic heterocycles. The first-order chi connectivity index (χ1) is 14.2. The van der Waals surface area contributed by atoms with Gasteiger partial charge in [0.15, 0.2) is 0 Å². The molecule has 154 valence electrons. The van der Waals surface area contributed by atoms with Crippen LogP contribution >= 0.6 is 22.9 Å². The Morgan fingerprint density at radius 2 is 1.87 bits per heavy atom. The molecule has 0 aliphatic rings. The number of hydrogen-bond donors (Lipinski definition) is 1. The van der Waals surface area contributed by atoms with Crippen LogP contribution < -0.4 is 5.32 Å². The summed E-state index contributed by atoms with van der Waals surface area (Å²) < 4.78 is 18.2. The lowest BCUT2D eigenvalue weighted by atomic mass is 10.0. The fraction of sp³-hybridized carbons (Fsp3) is 0.100. The predicted octanol–water partition coefficient (Wildman–Crippen LogP) is 5.46. The van der Waals surface area contributed by atoms with Crippen LogP contribution in [0.4, 0.5) is 15.1 Å². The molecule has 1 N–H and O–H groups in total. The number of nitro groups is 1. The van der Waals surface area contributed by atoms with Gasteiger partial charge in [-0.1, -0.05) is 23.7 Å². The molecule has 0 saturated heterocycles. The molecule has 30 heavy (non-hydrogen) atoms. The van der Waals surface area contributed by atoms with Crippen molar-refractivity contribution in [1.29, 1.82) is 0 Å². The number of hydrogen-bond acceptors (Lipinski definition) is 6. The molecule has 7 nitrogen and oxygen atoms in total. The molecule has 0 saturated carbocycles. The Bertz CT molecular complexity index is 1160. The Labute approximate surface area is 179 Å². The van der Waals surface area contributed by atoms with E-state index in [9.17, 15) is 24.1 Å². The molecule has 0 atom stereocenters. The van der Waals surface area contributed by atoms with E-state index in [2.05, 4.69) is 5.32 Å². The molecular formula is C20H14ClFN2O5S. The molecule has 0 unspecified atom stereocenters. The first-order valence-electron chi connectivity index (χ1n) is 8.45. The number of anilines is 1. The number of aryl methyl sites for hydroxylation is 1. The summed E-state index contributed by atoms with van der Waals surface area (Å²) in [5.74, 6) is -1.75. The van der Waals surface area contributed by atoms with Gasteiger partial charge in [-0.25, -0.2) is 9.18 Å². The van der Waals surface area contributed by atoms with Crippen molar-refractivity contribution in [3.63, 3.8) is 0 Å². The Balaban J connectivity index is 2.03. The number of rotatable bonds is 5. The molecule has 1 aromatic heterocycles. The number of carbonyl (C=O) groups is 2. The minimum atomic E-state index is -0.677. The molecule has 0 radical (unpaired) electrons. The normalized spacial score (nSPS) is 10.5. The van der Waals surface area contributed by atoms with Crippen LogP contribution in [0.15, 0.2) is 42.5 Å². The number of nitro benzene ring substituents is 1. The zero-order valence-electron chi connectivity index (χ0n) is 15.7. The average Bonchev–Trinajstić information content (AvgIpc) is 3.03. The minimum absolute atomic E-state index is 0.00691. The van der Waals surface area contributed by atoms with Gasteiger partial charge in [-0.3, -0.25) is 14.9 Å². The molecular weight excluding hydrogens is 435 g/mol. The van der Waals surface area contributed by atoms with Crippen molar-refractivity contribution in [3.05, 3.63) is 79.4 Å². The molecule has 3 aromatic rings. The number of methoxy groups -OCH3 is 1. The predicted molar refractivity (Wildman–Crippen MR) is 112 cm³/mol. The molecule has 1 amide bonds. The van der Waals surface area contributed by atoms with E-state index in [1.807, 2.05) is 0 Å². The van der Waals surface area contributed by atoms with Crippen molar-refractivity contribution >= 4 is 45.5 Å². The highest BCUT2D eigenvalue weighted by atomic mass is 35.5. The van der Waals surface area contributed by atoms with Crippen molar-refractivity contribution in [2.75, 3.05) is 12.4 Å². The zero-order chi connectivity index (χ0) is 22.0. The number of esters is 1. The van der Waals surface area contributed by atoms with Crippen LogP contribution in [0.1, 0.15) is 25.6 Å². The van der Waals surface area contributed by atoms with E-state index in [4.69, 9.17) is 16.3 Å². The summed E-state index contributed by atoms with van der Waals surface area (Å²) in [6.45, 7) is 1.75. The highest BCUT2D eigenvalue weighted by Crippen LogP contribution is 2.40. The average molecular weight is 449 g/mol. The zero-order valence-corrected chi connectivity index (χ0v) is 17.3. The molecule has 3 rings (SSSR count). The lowest BCUT2D eigenvalue weighted by Gasteiger charge is -2.09. The van der Waals surface area contributed by atoms with Crippen LogP contribution in [-0.4, -0.2) is 23.9 Å². The minimum Gasteiger partial charge on any atom is -0.465 e. The third kappa shape index (κ3) is 4.17. The van der Waals surface area contributed by atoms with Crippen LogP contribution in [0.25, 0.3) is 11.1 Å². The van der Waals surface area contributed by atoms with Crippen molar-refractivity contribution in [2.24, 2.45) is 0 Å². The molecule has 0 spiro atoms. The van der Waals surface area contributed by atoms with E-state index in [-0.39, 0.29) is 26.8 Å². The summed E-state index contributed by atoms with van der Waals surface area (Å²) in [4.78, 5) is 36.1. The second kappa shape index (κ2) is 8.60. The van der Waals surface area contributed by atoms with Crippen molar-refractivity contribution in [3.8, 4) is 11.1 Å². The van der Waals surface area contributed by atoms with Crippen molar-refractivity contribution in [2.45, 2.75) is 6.92 Å². The van der Waals surface area contributed by atoms with Crippen molar-refractivity contribution in [1.82, 2.24) is 0 Å². The standard InChI is InChI=1S/C20H14ClFN2O5S/c1-10-16(11-3-5-12(22)6-4-11)17(20(26)29-2)19(30-10)23-18(25)14-8-7-13(24(27)28)9-15(14)21/h3-9H,1-2H3,(H,23,25). The second-order valence-corrected chi connectivity index (χ2v) is 7.74. The lowest BCUT2D eigenvalue weighted by Crippen LogP contribution is -2.14. The van der Waals surface area contributed by atoms with E-state index in [0.29, 0.717) is 16.0 Å². The van der Waals surface area contributed by atoms with E-state index in [0.717, 1.165) is 23.5 Å². The first-order valence-corrected chi connectivity index (χ1v) is 9.65. The fourth-order valence-electron chi connectivity index (χ4n) is 2.87. The molecule has 10 heteroatoms. The SMILES string of the molecule is COC(=O)c1c(NC(=O)c2ccc([N+](=O)[O-])cc2Cl)sc(C)c1-c1ccc(F)cc1. The van der Waals surface area contributed by atoms with E-state index >= 15 is 0 Å². The number of nitrogens with zero attached hydrogens (tertiary/aromatic N) is 1. The molecule has 2 aromatic carbocycles. The number of amides is 1. The summed E-state index contributed by atoms with van der Waals surface area (Å²) in [6, 6.07) is 9.04. The number of ether oxygens (including phenoxy) is 1. The third-order valence-corrected chi connectivity index (χ3v) is 5.58. The fourth-order valence-corrected chi connectivity index (χ4v) is 4.19. The quantitative estimate of drug-likeness (QED) is 0.317. The van der Waals surface area contributed by atoms with E-state index in [1.54, 1.807) is 6.92 Å². The Hall–Kier alpha value is -3.30. The second-order valence-electron chi connectivity index (χ2n) is 6.11. The van der Waals surface area contributed by atoms with Crippen LogP contribution in [0.5, 0.6) is 0 Å². The summed E-state index contributed by atoms with van der Waals surface area (Å²) in [6.07, 6.45) is 0. The highest BCUT2D eigenvalue weighted by Gasteiger charge is 2.26. The maximum absolute atomic E-state index is 13.3. The maximum atomic E-state index is 13.3. The Morgan fingerprint density at radius 3 is 2.43 bits per heavy atom. The third-order valence-electron chi connectivity index (χ3n) is 4.24. The number of non-ortho nitro benzene ring substituents is 1. The molecule has 1 heterocycles. The van der Waals surface area contributed by atoms with Crippen LogP contribution in [-0.2, 0) is 4.74 Å². The largest absolute Gasteiger partial charge is 0.465 e. The van der Waals surface area contributed by atoms with Gasteiger partial charge in [0.05, 0.1) is 22.6 Å². The van der Waals surface area contributed by atoms with E-state index in [1.165, 1.54) is 37.4 Å². The number of thiophene rings is 1. The van der Waals surface area contributed by atoms with Gasteiger partial charge in [0.25, 0.3) is 11.6 Å². The van der Waals surface area contributed by atoms with Gasteiger partial charge in [0, 0.05) is 22.6 Å². The molecule has 0 bridgehead atoms. The summed E-state index contributed by atoms with van der Waals surface area (Å²) in [7, 11) is 1.21. The lowest BCUT2D eigenvalue weighted by molar-refractivity contribution is -0.384. The van der Waals surface area contributed by atoms with Gasteiger partial charge in [0.2, 0.25) is 0 Å². The van der Waals surface area contributed by atoms with Gasteiger partial charge in [-0.05, 0) is 30.7 Å². The van der Waals surface area contributed by atoms with Gasteiger partial charge in [-0.2, -0.15) is 0 Å². The summed E-state index contributed by atoms with van der Waals surface area (Å²) in [5, 5.41) is 13.6. The monoisotopic (exact) mass is 448 g/mol. The number of halogens is 2. The summed E-state index contributed by atoms with van der Waals surface area (Å²) in [5.41, 5.74) is 0.971. The number of nitrogens with one attached hydrogen (secondary N) is 1. The highest BCUT2D eigenvalue weighted by molar-refractivity contribution is 7.17. The van der Waals surface area contributed by atoms with Gasteiger partial charge in [-0.15, -0.1) is 11.3 Å². The Kier molecular flexibility index (Phi) is 6.14. The Morgan fingerprint density at radius 1 is 1.20 bits per heavy atom. The van der Waals surface area contributed by atoms with Crippen LogP contribution in [0, 0.1) is 22.9 Å². The smallest absolute Gasteiger partial charge is 0.341 e. The van der Waals surface area contributed by atoms with Gasteiger partial charge < -0.3 is 10.1 Å². The van der Waals surface area contributed by atoms with Crippen LogP contribution in [0.3, 0.4) is 0 Å². The van der Waals surface area contributed by atoms with Crippen molar-refractivity contribution < 1.29 is 23.6 Å². The number of carbonyl (C=O) groups excluding carboxylic acids is 2.